The summed E-state index contributed by atoms with van der Waals surface area (Å²) in [6, 6.07) is 0. The largest absolute Gasteiger partial charge is 0.236 e. The van der Waals surface area contributed by atoms with Crippen molar-refractivity contribution in [1.29, 1.82) is 0 Å². The number of hydrogen-bond donors (Lipinski definition) is 0. The molecule has 4 heteroatoms. The minimum Gasteiger partial charge on any atom is -0.236 e. The molecule has 1 heterocycles. The Hall–Kier alpha value is 0.1000. The average Bonchev–Trinajstić information content (AvgIpc) is 2.40. The van der Waals surface area contributed by atoms with Gasteiger partial charge in [0, 0.05) is 11.3 Å². The normalized spacial score (nSPS) is 23.9. The molecular formula is C16H24ClIN2. The number of aromatic nitrogens is 2. The van der Waals surface area contributed by atoms with Gasteiger partial charge in [0.25, 0.3) is 0 Å². The summed E-state index contributed by atoms with van der Waals surface area (Å²) in [5, 5.41) is 0.623. The number of halogens is 2. The Balaban J connectivity index is 2.27. The minimum absolute atomic E-state index is 0.0124. The molecule has 112 valence electrons. The van der Waals surface area contributed by atoms with Crippen molar-refractivity contribution in [3.05, 3.63) is 20.2 Å². The zero-order chi connectivity index (χ0) is 14.9. The Morgan fingerprint density at radius 2 is 1.75 bits per heavy atom. The molecule has 0 radical (unpaired) electrons. The van der Waals surface area contributed by atoms with Crippen molar-refractivity contribution in [2.24, 2.45) is 5.92 Å². The van der Waals surface area contributed by atoms with Crippen LogP contribution in [-0.2, 0) is 5.41 Å². The van der Waals surface area contributed by atoms with Gasteiger partial charge in [0.1, 0.15) is 11.0 Å². The monoisotopic (exact) mass is 406 g/mol. The first-order chi connectivity index (χ1) is 9.32. The third-order valence-electron chi connectivity index (χ3n) is 4.33. The molecule has 0 N–H and O–H groups in total. The van der Waals surface area contributed by atoms with Crippen LogP contribution in [0.3, 0.4) is 0 Å². The maximum absolute atomic E-state index is 6.34. The predicted octanol–water partition coefficient (Wildman–Crippen LogP) is 5.72. The molecule has 1 aliphatic rings. The van der Waals surface area contributed by atoms with Crippen LogP contribution in [0.5, 0.6) is 0 Å². The van der Waals surface area contributed by atoms with Gasteiger partial charge >= 0.3 is 0 Å². The molecule has 0 bridgehead atoms. The fraction of sp³-hybridized carbons (Fsp3) is 0.750. The first-order valence-corrected chi connectivity index (χ1v) is 9.02. The van der Waals surface area contributed by atoms with Gasteiger partial charge in [0.15, 0.2) is 0 Å². The molecule has 0 saturated heterocycles. The van der Waals surface area contributed by atoms with Gasteiger partial charge in [0.2, 0.25) is 0 Å². The molecule has 1 aliphatic carbocycles. The molecule has 1 saturated carbocycles. The van der Waals surface area contributed by atoms with E-state index in [-0.39, 0.29) is 5.41 Å². The molecule has 2 nitrogen and oxygen atoms in total. The van der Waals surface area contributed by atoms with Crippen LogP contribution in [0.15, 0.2) is 0 Å². The second-order valence-electron chi connectivity index (χ2n) is 6.91. The van der Waals surface area contributed by atoms with E-state index in [0.717, 1.165) is 21.0 Å². The van der Waals surface area contributed by atoms with E-state index in [1.807, 2.05) is 0 Å². The fourth-order valence-electron chi connectivity index (χ4n) is 2.94. The van der Waals surface area contributed by atoms with Crippen molar-refractivity contribution in [3.8, 4) is 0 Å². The van der Waals surface area contributed by atoms with Crippen molar-refractivity contribution < 1.29 is 0 Å². The molecule has 0 amide bonds. The maximum Gasteiger partial charge on any atom is 0.146 e. The number of rotatable bonds is 2. The Morgan fingerprint density at radius 1 is 1.15 bits per heavy atom. The van der Waals surface area contributed by atoms with Gasteiger partial charge in [-0.3, -0.25) is 0 Å². The molecule has 0 aliphatic heterocycles. The van der Waals surface area contributed by atoms with E-state index in [0.29, 0.717) is 11.1 Å². The van der Waals surface area contributed by atoms with E-state index >= 15 is 0 Å². The van der Waals surface area contributed by atoms with Gasteiger partial charge in [-0.15, -0.1) is 0 Å². The molecule has 0 spiro atoms. The number of nitrogens with zero attached hydrogens (tertiary/aromatic N) is 2. The highest BCUT2D eigenvalue weighted by Crippen LogP contribution is 2.37. The van der Waals surface area contributed by atoms with Crippen molar-refractivity contribution in [1.82, 2.24) is 9.97 Å². The highest BCUT2D eigenvalue weighted by molar-refractivity contribution is 14.1. The van der Waals surface area contributed by atoms with Crippen LogP contribution in [0.1, 0.15) is 77.2 Å². The molecule has 2 rings (SSSR count). The quantitative estimate of drug-likeness (QED) is 0.464. The fourth-order valence-corrected chi connectivity index (χ4v) is 4.17. The van der Waals surface area contributed by atoms with Gasteiger partial charge in [-0.2, -0.15) is 0 Å². The van der Waals surface area contributed by atoms with Gasteiger partial charge in [-0.1, -0.05) is 45.7 Å². The first-order valence-electron chi connectivity index (χ1n) is 7.56. The second-order valence-corrected chi connectivity index (χ2v) is 8.35. The predicted molar refractivity (Wildman–Crippen MR) is 93.4 cm³/mol. The molecule has 0 atom stereocenters. The average molecular weight is 407 g/mol. The van der Waals surface area contributed by atoms with E-state index in [9.17, 15) is 0 Å². The molecule has 0 unspecified atom stereocenters. The third-order valence-corrected chi connectivity index (χ3v) is 5.94. The molecule has 1 fully saturated rings. The first kappa shape index (κ1) is 16.5. The SMILES string of the molecule is CCC1CCC(c2nc(Cl)c(I)c(C(C)(C)C)n2)CC1. The van der Waals surface area contributed by atoms with Gasteiger partial charge in [-0.25, -0.2) is 9.97 Å². The van der Waals surface area contributed by atoms with Crippen LogP contribution in [0.25, 0.3) is 0 Å². The second kappa shape index (κ2) is 6.47. The molecule has 1 aromatic heterocycles. The lowest BCUT2D eigenvalue weighted by molar-refractivity contribution is 0.311. The highest BCUT2D eigenvalue weighted by atomic mass is 127. The zero-order valence-corrected chi connectivity index (χ0v) is 15.8. The van der Waals surface area contributed by atoms with Crippen LogP contribution in [0, 0.1) is 9.49 Å². The Kier molecular flexibility index (Phi) is 5.33. The summed E-state index contributed by atoms with van der Waals surface area (Å²) in [5.74, 6) is 2.36. The lowest BCUT2D eigenvalue weighted by Gasteiger charge is -2.28. The van der Waals surface area contributed by atoms with E-state index in [1.165, 1.54) is 32.1 Å². The van der Waals surface area contributed by atoms with Crippen molar-refractivity contribution in [3.63, 3.8) is 0 Å². The lowest BCUT2D eigenvalue weighted by Crippen LogP contribution is -2.21. The van der Waals surface area contributed by atoms with Crippen LogP contribution in [0.4, 0.5) is 0 Å². The minimum atomic E-state index is 0.0124. The molecular weight excluding hydrogens is 383 g/mol. The Bertz CT molecular complexity index is 474. The van der Waals surface area contributed by atoms with Gasteiger partial charge in [-0.05, 0) is 54.2 Å². The molecule has 0 aromatic carbocycles. The summed E-state index contributed by atoms with van der Waals surface area (Å²) in [7, 11) is 0. The van der Waals surface area contributed by atoms with E-state index in [4.69, 9.17) is 16.6 Å². The summed E-state index contributed by atoms with van der Waals surface area (Å²) in [4.78, 5) is 9.44. The zero-order valence-electron chi connectivity index (χ0n) is 12.8. The molecule has 20 heavy (non-hydrogen) atoms. The summed E-state index contributed by atoms with van der Waals surface area (Å²) < 4.78 is 1.00. The summed E-state index contributed by atoms with van der Waals surface area (Å²) in [5.41, 5.74) is 1.10. The Labute approximate surface area is 141 Å². The standard InChI is InChI=1S/C16H24ClIN2/c1-5-10-6-8-11(9-7-10)15-19-13(16(2,3)4)12(18)14(17)20-15/h10-11H,5-9H2,1-4H3. The van der Waals surface area contributed by atoms with Crippen LogP contribution in [-0.4, -0.2) is 9.97 Å². The van der Waals surface area contributed by atoms with Crippen LogP contribution in [0.2, 0.25) is 5.15 Å². The summed E-state index contributed by atoms with van der Waals surface area (Å²) >= 11 is 8.61. The summed E-state index contributed by atoms with van der Waals surface area (Å²) in [6.07, 6.45) is 6.32. The maximum atomic E-state index is 6.34. The van der Waals surface area contributed by atoms with E-state index in [2.05, 4.69) is 55.3 Å². The van der Waals surface area contributed by atoms with Gasteiger partial charge in [0.05, 0.1) is 9.26 Å². The lowest BCUT2D eigenvalue weighted by atomic mass is 9.80. The topological polar surface area (TPSA) is 25.8 Å². The van der Waals surface area contributed by atoms with Crippen LogP contribution >= 0.6 is 34.2 Å². The smallest absolute Gasteiger partial charge is 0.146 e. The van der Waals surface area contributed by atoms with Crippen molar-refractivity contribution >= 4 is 34.2 Å². The van der Waals surface area contributed by atoms with Crippen LogP contribution < -0.4 is 0 Å². The van der Waals surface area contributed by atoms with E-state index < -0.39 is 0 Å². The third kappa shape index (κ3) is 3.65. The van der Waals surface area contributed by atoms with Crippen molar-refractivity contribution in [2.75, 3.05) is 0 Å². The van der Waals surface area contributed by atoms with Crippen molar-refractivity contribution in [2.45, 2.75) is 71.1 Å². The highest BCUT2D eigenvalue weighted by Gasteiger charge is 2.27. The van der Waals surface area contributed by atoms with E-state index in [1.54, 1.807) is 0 Å². The Morgan fingerprint density at radius 3 is 2.25 bits per heavy atom. The molecule has 1 aromatic rings. The summed E-state index contributed by atoms with van der Waals surface area (Å²) in [6.45, 7) is 8.85. The number of hydrogen-bond acceptors (Lipinski definition) is 2. The van der Waals surface area contributed by atoms with Gasteiger partial charge < -0.3 is 0 Å².